The Hall–Kier alpha value is -2.30. The fourth-order valence-corrected chi connectivity index (χ4v) is 2.76. The summed E-state index contributed by atoms with van der Waals surface area (Å²) >= 11 is 0. The Morgan fingerprint density at radius 1 is 1.19 bits per heavy atom. The first-order chi connectivity index (χ1) is 14.7. The molecule has 0 aliphatic rings. The number of aliphatic imine (C=N–C) groups is 1. The van der Waals surface area contributed by atoms with Crippen LogP contribution in [0.4, 0.5) is 4.79 Å². The van der Waals surface area contributed by atoms with Gasteiger partial charge in [-0.15, -0.1) is 24.0 Å². The lowest BCUT2D eigenvalue weighted by atomic mass is 10.1. The molecule has 178 valence electrons. The number of ether oxygens (including phenoxy) is 1. The molecule has 0 saturated heterocycles. The second kappa shape index (κ2) is 13.3. The van der Waals surface area contributed by atoms with Crippen molar-refractivity contribution in [2.24, 2.45) is 4.99 Å². The number of hydrogen-bond donors (Lipinski definition) is 3. The van der Waals surface area contributed by atoms with Crippen LogP contribution in [0, 0.1) is 0 Å². The van der Waals surface area contributed by atoms with Crippen molar-refractivity contribution in [1.29, 1.82) is 0 Å². The minimum absolute atomic E-state index is 0. The molecular weight excluding hydrogens is 521 g/mol. The number of carbonyl (C=O) groups is 1. The van der Waals surface area contributed by atoms with E-state index in [-0.39, 0.29) is 30.0 Å². The second-order valence-electron chi connectivity index (χ2n) is 8.56. The zero-order chi connectivity index (χ0) is 22.9. The van der Waals surface area contributed by atoms with Crippen LogP contribution in [-0.2, 0) is 11.3 Å². The SMILES string of the molecule is CCNC(=NCc1cc(C(C)C)no1)NCC(NC(=O)OC(C)(C)C)c1ccccc1.I. The Labute approximate surface area is 208 Å². The molecule has 1 amide bonds. The van der Waals surface area contributed by atoms with Crippen molar-refractivity contribution in [3.63, 3.8) is 0 Å². The van der Waals surface area contributed by atoms with Gasteiger partial charge in [-0.3, -0.25) is 0 Å². The van der Waals surface area contributed by atoms with E-state index in [1.807, 2.05) is 64.1 Å². The Morgan fingerprint density at radius 2 is 1.88 bits per heavy atom. The average molecular weight is 557 g/mol. The van der Waals surface area contributed by atoms with E-state index in [1.165, 1.54) is 0 Å². The standard InChI is InChI=1S/C23H35N5O3.HI/c1-7-24-21(25-14-18-13-19(16(2)3)28-31-18)26-15-20(17-11-9-8-10-12-17)27-22(29)30-23(4,5)6;/h8-13,16,20H,7,14-15H2,1-6H3,(H,27,29)(H2,24,25,26);1H. The lowest BCUT2D eigenvalue weighted by molar-refractivity contribution is 0.0504. The van der Waals surface area contributed by atoms with Gasteiger partial charge >= 0.3 is 6.09 Å². The van der Waals surface area contributed by atoms with Gasteiger partial charge in [-0.2, -0.15) is 0 Å². The predicted octanol–water partition coefficient (Wildman–Crippen LogP) is 4.74. The molecule has 1 unspecified atom stereocenters. The molecule has 0 spiro atoms. The van der Waals surface area contributed by atoms with Gasteiger partial charge in [0, 0.05) is 19.2 Å². The summed E-state index contributed by atoms with van der Waals surface area (Å²) in [4.78, 5) is 16.9. The van der Waals surface area contributed by atoms with Crippen molar-refractivity contribution in [3.05, 3.63) is 53.4 Å². The van der Waals surface area contributed by atoms with Crippen LogP contribution in [0.2, 0.25) is 0 Å². The van der Waals surface area contributed by atoms with Gasteiger partial charge in [0.1, 0.15) is 12.1 Å². The van der Waals surface area contributed by atoms with Crippen molar-refractivity contribution in [2.45, 2.75) is 65.6 Å². The molecule has 3 N–H and O–H groups in total. The number of carbonyl (C=O) groups excluding carboxylic acids is 1. The molecule has 0 radical (unpaired) electrons. The molecule has 0 fully saturated rings. The summed E-state index contributed by atoms with van der Waals surface area (Å²) in [6.45, 7) is 13.2. The summed E-state index contributed by atoms with van der Waals surface area (Å²) in [5.74, 6) is 1.63. The van der Waals surface area contributed by atoms with Gasteiger partial charge in [-0.1, -0.05) is 49.3 Å². The first kappa shape index (κ1) is 27.7. The summed E-state index contributed by atoms with van der Waals surface area (Å²) in [6, 6.07) is 11.4. The molecule has 8 nitrogen and oxygen atoms in total. The Bertz CT molecular complexity index is 847. The van der Waals surface area contributed by atoms with Crippen molar-refractivity contribution >= 4 is 36.0 Å². The van der Waals surface area contributed by atoms with Crippen LogP contribution in [-0.4, -0.2) is 35.9 Å². The van der Waals surface area contributed by atoms with Gasteiger partial charge < -0.3 is 25.2 Å². The van der Waals surface area contributed by atoms with E-state index >= 15 is 0 Å². The van der Waals surface area contributed by atoms with Crippen LogP contribution in [0.5, 0.6) is 0 Å². The number of hydrogen-bond acceptors (Lipinski definition) is 5. The van der Waals surface area contributed by atoms with Crippen molar-refractivity contribution in [2.75, 3.05) is 13.1 Å². The molecule has 1 atom stereocenters. The monoisotopic (exact) mass is 557 g/mol. The average Bonchev–Trinajstić information content (AvgIpc) is 3.17. The molecule has 0 aliphatic carbocycles. The molecule has 9 heteroatoms. The molecule has 32 heavy (non-hydrogen) atoms. The van der Waals surface area contributed by atoms with E-state index in [1.54, 1.807) is 0 Å². The van der Waals surface area contributed by atoms with Crippen molar-refractivity contribution in [1.82, 2.24) is 21.1 Å². The molecule has 2 aromatic rings. The second-order valence-corrected chi connectivity index (χ2v) is 8.56. The van der Waals surface area contributed by atoms with Gasteiger partial charge in [0.2, 0.25) is 0 Å². The lowest BCUT2D eigenvalue weighted by Gasteiger charge is -2.24. The van der Waals surface area contributed by atoms with E-state index in [0.29, 0.717) is 37.3 Å². The van der Waals surface area contributed by atoms with E-state index in [4.69, 9.17) is 9.26 Å². The summed E-state index contributed by atoms with van der Waals surface area (Å²) in [5.41, 5.74) is 1.31. The summed E-state index contributed by atoms with van der Waals surface area (Å²) < 4.78 is 10.8. The van der Waals surface area contributed by atoms with Crippen LogP contribution < -0.4 is 16.0 Å². The molecule has 0 bridgehead atoms. The molecule has 1 aromatic carbocycles. The van der Waals surface area contributed by atoms with Gasteiger partial charge in [-0.25, -0.2) is 9.79 Å². The zero-order valence-electron chi connectivity index (χ0n) is 19.8. The van der Waals surface area contributed by atoms with Crippen LogP contribution in [0.15, 0.2) is 45.9 Å². The quantitative estimate of drug-likeness (QED) is 0.247. The van der Waals surface area contributed by atoms with Crippen LogP contribution in [0.3, 0.4) is 0 Å². The number of nitrogens with zero attached hydrogens (tertiary/aromatic N) is 2. The third-order valence-corrected chi connectivity index (χ3v) is 4.27. The number of halogens is 1. The smallest absolute Gasteiger partial charge is 0.408 e. The molecule has 0 aliphatic heterocycles. The maximum Gasteiger partial charge on any atom is 0.408 e. The van der Waals surface area contributed by atoms with Crippen molar-refractivity contribution in [3.8, 4) is 0 Å². The third kappa shape index (κ3) is 9.88. The lowest BCUT2D eigenvalue weighted by Crippen LogP contribution is -2.44. The number of alkyl carbamates (subject to hydrolysis) is 1. The number of amides is 1. The Morgan fingerprint density at radius 3 is 2.44 bits per heavy atom. The highest BCUT2D eigenvalue weighted by molar-refractivity contribution is 14.0. The van der Waals surface area contributed by atoms with E-state index in [9.17, 15) is 4.79 Å². The largest absolute Gasteiger partial charge is 0.444 e. The minimum atomic E-state index is -0.568. The van der Waals surface area contributed by atoms with Gasteiger partial charge in [0.05, 0.1) is 11.7 Å². The van der Waals surface area contributed by atoms with Crippen LogP contribution >= 0.6 is 24.0 Å². The maximum atomic E-state index is 12.4. The molecule has 1 heterocycles. The number of rotatable bonds is 8. The normalized spacial score (nSPS) is 12.7. The Balaban J connectivity index is 0.00000512. The summed E-state index contributed by atoms with van der Waals surface area (Å²) in [7, 11) is 0. The van der Waals surface area contributed by atoms with Crippen LogP contribution in [0.1, 0.15) is 70.5 Å². The fourth-order valence-electron chi connectivity index (χ4n) is 2.76. The number of nitrogens with one attached hydrogen (secondary N) is 3. The summed E-state index contributed by atoms with van der Waals surface area (Å²) in [6.07, 6.45) is -0.465. The highest BCUT2D eigenvalue weighted by Gasteiger charge is 2.21. The predicted molar refractivity (Wildman–Crippen MR) is 137 cm³/mol. The minimum Gasteiger partial charge on any atom is -0.444 e. The molecule has 1 aromatic heterocycles. The van der Waals surface area contributed by atoms with E-state index in [0.717, 1.165) is 11.3 Å². The number of guanidine groups is 1. The van der Waals surface area contributed by atoms with Gasteiger partial charge in [0.15, 0.2) is 11.7 Å². The first-order valence-electron chi connectivity index (χ1n) is 10.7. The highest BCUT2D eigenvalue weighted by Crippen LogP contribution is 2.15. The molecule has 0 saturated carbocycles. The molecular formula is C23H36IN5O3. The highest BCUT2D eigenvalue weighted by atomic mass is 127. The number of aromatic nitrogens is 1. The number of benzene rings is 1. The first-order valence-corrected chi connectivity index (χ1v) is 10.7. The van der Waals surface area contributed by atoms with Crippen LogP contribution in [0.25, 0.3) is 0 Å². The molecule has 2 rings (SSSR count). The maximum absolute atomic E-state index is 12.4. The van der Waals surface area contributed by atoms with Crippen molar-refractivity contribution < 1.29 is 14.1 Å². The van der Waals surface area contributed by atoms with Gasteiger partial charge in [-0.05, 0) is 39.2 Å². The Kier molecular flexibility index (Phi) is 11.5. The zero-order valence-corrected chi connectivity index (χ0v) is 22.1. The van der Waals surface area contributed by atoms with E-state index < -0.39 is 11.7 Å². The summed E-state index contributed by atoms with van der Waals surface area (Å²) in [5, 5.41) is 13.5. The topological polar surface area (TPSA) is 101 Å². The third-order valence-electron chi connectivity index (χ3n) is 4.27. The van der Waals surface area contributed by atoms with Gasteiger partial charge in [0.25, 0.3) is 0 Å². The van der Waals surface area contributed by atoms with E-state index in [2.05, 4.69) is 39.9 Å². The fraction of sp³-hybridized carbons (Fsp3) is 0.522.